The van der Waals surface area contributed by atoms with Gasteiger partial charge in [-0.15, -0.1) is 0 Å². The number of benzene rings is 2. The van der Waals surface area contributed by atoms with Crippen LogP contribution in [0.4, 0.5) is 10.1 Å². The number of para-hydroxylation sites is 1. The fourth-order valence-corrected chi connectivity index (χ4v) is 2.64. The van der Waals surface area contributed by atoms with E-state index in [1.165, 1.54) is 18.2 Å². The van der Waals surface area contributed by atoms with Gasteiger partial charge in [-0.1, -0.05) is 12.1 Å². The van der Waals surface area contributed by atoms with Crippen molar-refractivity contribution in [2.24, 2.45) is 0 Å². The Labute approximate surface area is 150 Å². The molecule has 2 aromatic carbocycles. The van der Waals surface area contributed by atoms with Crippen LogP contribution in [0.15, 0.2) is 47.1 Å². The van der Waals surface area contributed by atoms with Gasteiger partial charge >= 0.3 is 0 Å². The summed E-state index contributed by atoms with van der Waals surface area (Å²) in [5, 5.41) is 5.84. The molecular formula is C20H19FN2O3. The van der Waals surface area contributed by atoms with Crippen LogP contribution < -0.4 is 10.6 Å². The third-order valence-electron chi connectivity index (χ3n) is 4.22. The number of fused-ring (bicyclic) bond motifs is 1. The third-order valence-corrected chi connectivity index (χ3v) is 4.22. The van der Waals surface area contributed by atoms with Crippen LogP contribution in [0, 0.1) is 19.7 Å². The van der Waals surface area contributed by atoms with E-state index in [-0.39, 0.29) is 24.6 Å². The summed E-state index contributed by atoms with van der Waals surface area (Å²) < 4.78 is 19.0. The SMILES string of the molecule is Cc1cc2occ(CC(=O)NCC(=O)Nc3ccccc3F)c2cc1C. The van der Waals surface area contributed by atoms with E-state index in [4.69, 9.17) is 4.42 Å². The number of nitrogens with one attached hydrogen (secondary N) is 2. The molecule has 3 rings (SSSR count). The lowest BCUT2D eigenvalue weighted by Crippen LogP contribution is -2.33. The van der Waals surface area contributed by atoms with E-state index in [0.29, 0.717) is 0 Å². The monoisotopic (exact) mass is 354 g/mol. The molecule has 0 saturated carbocycles. The standard InChI is InChI=1S/C20H19FN2O3/c1-12-7-15-14(11-26-18(15)8-13(12)2)9-19(24)22-10-20(25)23-17-6-4-3-5-16(17)21/h3-8,11H,9-10H2,1-2H3,(H,22,24)(H,23,25). The summed E-state index contributed by atoms with van der Waals surface area (Å²) in [5.41, 5.74) is 3.80. The summed E-state index contributed by atoms with van der Waals surface area (Å²) in [7, 11) is 0. The van der Waals surface area contributed by atoms with Crippen LogP contribution in [0.5, 0.6) is 0 Å². The van der Waals surface area contributed by atoms with Gasteiger partial charge < -0.3 is 15.1 Å². The fourth-order valence-electron chi connectivity index (χ4n) is 2.64. The van der Waals surface area contributed by atoms with Gasteiger partial charge in [0.1, 0.15) is 11.4 Å². The molecule has 0 radical (unpaired) electrons. The highest BCUT2D eigenvalue weighted by molar-refractivity contribution is 5.95. The maximum Gasteiger partial charge on any atom is 0.243 e. The Balaban J connectivity index is 1.58. The van der Waals surface area contributed by atoms with Gasteiger partial charge in [0.05, 0.1) is 24.9 Å². The smallest absolute Gasteiger partial charge is 0.243 e. The first-order chi connectivity index (χ1) is 12.4. The van der Waals surface area contributed by atoms with E-state index in [1.807, 2.05) is 26.0 Å². The molecule has 5 nitrogen and oxygen atoms in total. The highest BCUT2D eigenvalue weighted by Gasteiger charge is 2.13. The van der Waals surface area contributed by atoms with Gasteiger partial charge in [-0.25, -0.2) is 4.39 Å². The Morgan fingerprint density at radius 3 is 2.58 bits per heavy atom. The molecule has 0 atom stereocenters. The molecule has 0 aliphatic carbocycles. The van der Waals surface area contributed by atoms with Gasteiger partial charge in [-0.05, 0) is 49.2 Å². The molecule has 0 fully saturated rings. The van der Waals surface area contributed by atoms with Crippen LogP contribution in [0.2, 0.25) is 0 Å². The van der Waals surface area contributed by atoms with Crippen LogP contribution >= 0.6 is 0 Å². The topological polar surface area (TPSA) is 71.3 Å². The van der Waals surface area contributed by atoms with E-state index in [9.17, 15) is 14.0 Å². The van der Waals surface area contributed by atoms with Crippen molar-refractivity contribution < 1.29 is 18.4 Å². The van der Waals surface area contributed by atoms with Crippen molar-refractivity contribution in [3.63, 3.8) is 0 Å². The number of furan rings is 1. The van der Waals surface area contributed by atoms with Crippen molar-refractivity contribution >= 4 is 28.5 Å². The fraction of sp³-hybridized carbons (Fsp3) is 0.200. The molecule has 3 aromatic rings. The zero-order valence-corrected chi connectivity index (χ0v) is 14.6. The molecule has 0 aliphatic rings. The highest BCUT2D eigenvalue weighted by Crippen LogP contribution is 2.25. The van der Waals surface area contributed by atoms with Crippen molar-refractivity contribution in [1.29, 1.82) is 0 Å². The minimum absolute atomic E-state index is 0.0819. The van der Waals surface area contributed by atoms with Crippen molar-refractivity contribution in [1.82, 2.24) is 5.32 Å². The largest absolute Gasteiger partial charge is 0.464 e. The van der Waals surface area contributed by atoms with E-state index in [1.54, 1.807) is 12.3 Å². The predicted octanol–water partition coefficient (Wildman–Crippen LogP) is 3.49. The van der Waals surface area contributed by atoms with E-state index in [0.717, 1.165) is 27.7 Å². The highest BCUT2D eigenvalue weighted by atomic mass is 19.1. The van der Waals surface area contributed by atoms with Crippen LogP contribution in [0.1, 0.15) is 16.7 Å². The third kappa shape index (κ3) is 3.91. The molecule has 1 aromatic heterocycles. The molecule has 6 heteroatoms. The second kappa shape index (κ2) is 7.39. The normalized spacial score (nSPS) is 10.7. The van der Waals surface area contributed by atoms with Crippen molar-refractivity contribution in [3.8, 4) is 0 Å². The molecule has 0 unspecified atom stereocenters. The maximum atomic E-state index is 13.5. The lowest BCUT2D eigenvalue weighted by Gasteiger charge is -2.07. The molecule has 0 bridgehead atoms. The van der Waals surface area contributed by atoms with Crippen molar-refractivity contribution in [2.45, 2.75) is 20.3 Å². The number of carbonyl (C=O) groups is 2. The first kappa shape index (κ1) is 17.7. The molecule has 1 heterocycles. The van der Waals surface area contributed by atoms with Crippen LogP contribution in [-0.2, 0) is 16.0 Å². The number of hydrogen-bond donors (Lipinski definition) is 2. The number of halogens is 1. The van der Waals surface area contributed by atoms with Crippen molar-refractivity contribution in [3.05, 3.63) is 65.2 Å². The number of aryl methyl sites for hydroxylation is 2. The second-order valence-corrected chi connectivity index (χ2v) is 6.18. The molecule has 26 heavy (non-hydrogen) atoms. The Kier molecular flexibility index (Phi) is 5.02. The number of carbonyl (C=O) groups excluding carboxylic acids is 2. The minimum Gasteiger partial charge on any atom is -0.464 e. The van der Waals surface area contributed by atoms with E-state index >= 15 is 0 Å². The van der Waals surface area contributed by atoms with Crippen LogP contribution in [0.25, 0.3) is 11.0 Å². The van der Waals surface area contributed by atoms with Gasteiger partial charge in [0, 0.05) is 10.9 Å². The molecule has 134 valence electrons. The molecule has 0 aliphatic heterocycles. The number of hydrogen-bond acceptors (Lipinski definition) is 3. The average Bonchev–Trinajstić information content (AvgIpc) is 2.97. The Morgan fingerprint density at radius 2 is 1.81 bits per heavy atom. The van der Waals surface area contributed by atoms with E-state index < -0.39 is 11.7 Å². The first-order valence-corrected chi connectivity index (χ1v) is 8.22. The zero-order chi connectivity index (χ0) is 18.7. The Morgan fingerprint density at radius 1 is 1.08 bits per heavy atom. The quantitative estimate of drug-likeness (QED) is 0.737. The Hall–Kier alpha value is -3.15. The minimum atomic E-state index is -0.525. The molecule has 2 amide bonds. The first-order valence-electron chi connectivity index (χ1n) is 8.22. The van der Waals surface area contributed by atoms with Crippen LogP contribution in [-0.4, -0.2) is 18.4 Å². The summed E-state index contributed by atoms with van der Waals surface area (Å²) >= 11 is 0. The van der Waals surface area contributed by atoms with Gasteiger partial charge in [-0.3, -0.25) is 9.59 Å². The lowest BCUT2D eigenvalue weighted by molar-refractivity contribution is -0.123. The van der Waals surface area contributed by atoms with Crippen LogP contribution in [0.3, 0.4) is 0 Å². The zero-order valence-electron chi connectivity index (χ0n) is 14.6. The van der Waals surface area contributed by atoms with Gasteiger partial charge in [0.25, 0.3) is 0 Å². The van der Waals surface area contributed by atoms with Gasteiger partial charge in [0.15, 0.2) is 0 Å². The lowest BCUT2D eigenvalue weighted by atomic mass is 10.0. The maximum absolute atomic E-state index is 13.5. The number of anilines is 1. The summed E-state index contributed by atoms with van der Waals surface area (Å²) in [4.78, 5) is 24.0. The van der Waals surface area contributed by atoms with Gasteiger partial charge in [0.2, 0.25) is 11.8 Å². The predicted molar refractivity (Wildman–Crippen MR) is 97.4 cm³/mol. The van der Waals surface area contributed by atoms with E-state index in [2.05, 4.69) is 10.6 Å². The number of rotatable bonds is 5. The molecule has 2 N–H and O–H groups in total. The molecular weight excluding hydrogens is 335 g/mol. The average molecular weight is 354 g/mol. The second-order valence-electron chi connectivity index (χ2n) is 6.18. The molecule has 0 saturated heterocycles. The van der Waals surface area contributed by atoms with Crippen molar-refractivity contribution in [2.75, 3.05) is 11.9 Å². The van der Waals surface area contributed by atoms with Gasteiger partial charge in [-0.2, -0.15) is 0 Å². The Bertz CT molecular complexity index is 978. The molecule has 0 spiro atoms. The number of amides is 2. The summed E-state index contributed by atoms with van der Waals surface area (Å²) in [6, 6.07) is 9.78. The summed E-state index contributed by atoms with van der Waals surface area (Å²) in [5.74, 6) is -1.33. The summed E-state index contributed by atoms with van der Waals surface area (Å²) in [6.45, 7) is 3.76. The summed E-state index contributed by atoms with van der Waals surface area (Å²) in [6.07, 6.45) is 1.66.